The number of amides is 2. The molecule has 29 heavy (non-hydrogen) atoms. The smallest absolute Gasteiger partial charge is 0.333 e. The van der Waals surface area contributed by atoms with E-state index in [9.17, 15) is 19.2 Å². The van der Waals surface area contributed by atoms with E-state index in [0.717, 1.165) is 10.8 Å². The predicted octanol–water partition coefficient (Wildman–Crippen LogP) is 1.28. The van der Waals surface area contributed by atoms with Gasteiger partial charge >= 0.3 is 5.69 Å². The highest BCUT2D eigenvalue weighted by molar-refractivity contribution is 6.04. The summed E-state index contributed by atoms with van der Waals surface area (Å²) in [5, 5.41) is 2.54. The number of rotatable bonds is 6. The molecule has 4 N–H and O–H groups in total. The second-order valence-corrected chi connectivity index (χ2v) is 5.97. The zero-order chi connectivity index (χ0) is 21.0. The van der Waals surface area contributed by atoms with Gasteiger partial charge in [0.05, 0.1) is 12.3 Å². The molecule has 2 amide bonds. The van der Waals surface area contributed by atoms with Gasteiger partial charge in [0.1, 0.15) is 11.3 Å². The van der Waals surface area contributed by atoms with E-state index in [1.165, 1.54) is 24.3 Å². The largest absolute Gasteiger partial charge is 0.494 e. The molecule has 0 spiro atoms. The van der Waals surface area contributed by atoms with E-state index in [-0.39, 0.29) is 11.1 Å². The second kappa shape index (κ2) is 8.26. The Hall–Kier alpha value is -4.14. The Kier molecular flexibility index (Phi) is 5.59. The van der Waals surface area contributed by atoms with Crippen molar-refractivity contribution in [3.63, 3.8) is 0 Å². The third kappa shape index (κ3) is 4.24. The fourth-order valence-electron chi connectivity index (χ4n) is 2.64. The first kappa shape index (κ1) is 19.6. The zero-order valence-electron chi connectivity index (χ0n) is 15.5. The van der Waals surface area contributed by atoms with Gasteiger partial charge in [-0.05, 0) is 55.5 Å². The van der Waals surface area contributed by atoms with Crippen LogP contribution in [0.2, 0.25) is 0 Å². The Bertz CT molecular complexity index is 1160. The molecule has 9 nitrogen and oxygen atoms in total. The molecular weight excluding hydrogens is 376 g/mol. The lowest BCUT2D eigenvalue weighted by Gasteiger charge is -2.09. The number of nitrogens with two attached hydrogens (primary N) is 1. The van der Waals surface area contributed by atoms with E-state index in [2.05, 4.69) is 10.3 Å². The number of benzene rings is 2. The molecule has 148 valence electrons. The number of hydrogen-bond donors (Lipinski definition) is 3. The molecule has 0 radical (unpaired) electrons. The van der Waals surface area contributed by atoms with Crippen LogP contribution in [0.3, 0.4) is 0 Å². The number of carbonyl (C=O) groups excluding carboxylic acids is 2. The van der Waals surface area contributed by atoms with Crippen LogP contribution < -0.4 is 27.0 Å². The summed E-state index contributed by atoms with van der Waals surface area (Å²) < 4.78 is 6.20. The van der Waals surface area contributed by atoms with Crippen molar-refractivity contribution in [1.82, 2.24) is 9.55 Å². The van der Waals surface area contributed by atoms with E-state index in [1.807, 2.05) is 6.92 Å². The summed E-state index contributed by atoms with van der Waals surface area (Å²) in [4.78, 5) is 51.0. The number of ether oxygens (including phenoxy) is 1. The fourth-order valence-corrected chi connectivity index (χ4v) is 2.64. The molecule has 0 bridgehead atoms. The summed E-state index contributed by atoms with van der Waals surface area (Å²) in [5.74, 6) is -0.714. The van der Waals surface area contributed by atoms with Crippen molar-refractivity contribution in [2.24, 2.45) is 5.73 Å². The topological polar surface area (TPSA) is 136 Å². The molecule has 0 unspecified atom stereocenters. The minimum Gasteiger partial charge on any atom is -0.494 e. The summed E-state index contributed by atoms with van der Waals surface area (Å²) in [6, 6.07) is 12.2. The molecule has 2 aromatic carbocycles. The number of H-pyrrole nitrogens is 1. The van der Waals surface area contributed by atoms with Crippen molar-refractivity contribution in [3.05, 3.63) is 86.7 Å². The Morgan fingerprint density at radius 2 is 1.72 bits per heavy atom. The first-order valence-electron chi connectivity index (χ1n) is 8.70. The molecule has 0 aliphatic carbocycles. The van der Waals surface area contributed by atoms with E-state index < -0.39 is 23.1 Å². The van der Waals surface area contributed by atoms with Crippen LogP contribution in [-0.4, -0.2) is 28.0 Å². The van der Waals surface area contributed by atoms with Gasteiger partial charge in [-0.1, -0.05) is 0 Å². The molecule has 0 atom stereocenters. The molecule has 0 aliphatic heterocycles. The maximum absolute atomic E-state index is 12.8. The van der Waals surface area contributed by atoms with Crippen molar-refractivity contribution >= 4 is 17.5 Å². The average Bonchev–Trinajstić information content (AvgIpc) is 2.70. The number of carbonyl (C=O) groups is 2. The summed E-state index contributed by atoms with van der Waals surface area (Å²) in [6.07, 6.45) is 1.06. The van der Waals surface area contributed by atoms with Gasteiger partial charge in [0.25, 0.3) is 11.5 Å². The lowest BCUT2D eigenvalue weighted by atomic mass is 10.2. The van der Waals surface area contributed by atoms with Crippen LogP contribution in [0.1, 0.15) is 27.6 Å². The maximum atomic E-state index is 12.8. The highest BCUT2D eigenvalue weighted by Gasteiger charge is 2.16. The van der Waals surface area contributed by atoms with Crippen LogP contribution in [0.25, 0.3) is 5.69 Å². The summed E-state index contributed by atoms with van der Waals surface area (Å²) in [6.45, 7) is 2.32. The summed E-state index contributed by atoms with van der Waals surface area (Å²) >= 11 is 0. The fraction of sp³-hybridized carbons (Fsp3) is 0.100. The molecule has 1 heterocycles. The van der Waals surface area contributed by atoms with Gasteiger partial charge in [-0.2, -0.15) is 0 Å². The Labute approximate surface area is 164 Å². The van der Waals surface area contributed by atoms with Gasteiger partial charge < -0.3 is 20.8 Å². The summed E-state index contributed by atoms with van der Waals surface area (Å²) in [7, 11) is 0. The number of anilines is 1. The van der Waals surface area contributed by atoms with Crippen LogP contribution in [0.4, 0.5) is 5.69 Å². The van der Waals surface area contributed by atoms with E-state index in [1.54, 1.807) is 24.3 Å². The normalized spacial score (nSPS) is 10.4. The minimum absolute atomic E-state index is 0.252. The molecule has 0 saturated carbocycles. The maximum Gasteiger partial charge on any atom is 0.333 e. The summed E-state index contributed by atoms with van der Waals surface area (Å²) in [5.41, 5.74) is 4.40. The Morgan fingerprint density at radius 3 is 2.31 bits per heavy atom. The lowest BCUT2D eigenvalue weighted by molar-refractivity contribution is 0.0998. The van der Waals surface area contributed by atoms with E-state index in [4.69, 9.17) is 10.5 Å². The van der Waals surface area contributed by atoms with Gasteiger partial charge in [0.2, 0.25) is 5.91 Å². The van der Waals surface area contributed by atoms with Crippen molar-refractivity contribution in [2.75, 3.05) is 11.9 Å². The first-order valence-corrected chi connectivity index (χ1v) is 8.70. The molecule has 9 heteroatoms. The van der Waals surface area contributed by atoms with Crippen molar-refractivity contribution in [3.8, 4) is 11.4 Å². The minimum atomic E-state index is -0.774. The van der Waals surface area contributed by atoms with Crippen LogP contribution >= 0.6 is 0 Å². The molecule has 0 fully saturated rings. The van der Waals surface area contributed by atoms with Crippen LogP contribution in [0.5, 0.6) is 5.75 Å². The standard InChI is InChI=1S/C20H18N4O5/c1-2-29-15-9-7-14(8-10-15)24-19(27)16(11-22-20(24)28)18(26)23-13-5-3-12(4-6-13)17(21)25/h3-11H,2H2,1H3,(H2,21,25)(H,22,28)(H,23,26). The molecular formula is C20H18N4O5. The van der Waals surface area contributed by atoms with Crippen molar-refractivity contribution in [2.45, 2.75) is 6.92 Å². The number of aromatic amines is 1. The zero-order valence-corrected chi connectivity index (χ0v) is 15.5. The quantitative estimate of drug-likeness (QED) is 0.578. The highest BCUT2D eigenvalue weighted by atomic mass is 16.5. The second-order valence-electron chi connectivity index (χ2n) is 5.97. The van der Waals surface area contributed by atoms with Crippen molar-refractivity contribution < 1.29 is 14.3 Å². The van der Waals surface area contributed by atoms with Crippen LogP contribution in [0, 0.1) is 0 Å². The van der Waals surface area contributed by atoms with Gasteiger partial charge in [-0.25, -0.2) is 9.36 Å². The first-order chi connectivity index (χ1) is 13.9. The predicted molar refractivity (Wildman–Crippen MR) is 107 cm³/mol. The number of nitrogens with zero attached hydrogens (tertiary/aromatic N) is 1. The van der Waals surface area contributed by atoms with Gasteiger partial charge in [0.15, 0.2) is 0 Å². The highest BCUT2D eigenvalue weighted by Crippen LogP contribution is 2.14. The molecule has 1 aromatic heterocycles. The number of aromatic nitrogens is 2. The van der Waals surface area contributed by atoms with Gasteiger partial charge in [0, 0.05) is 17.4 Å². The third-order valence-electron chi connectivity index (χ3n) is 4.05. The average molecular weight is 394 g/mol. The molecule has 0 saturated heterocycles. The van der Waals surface area contributed by atoms with Crippen LogP contribution in [-0.2, 0) is 0 Å². The SMILES string of the molecule is CCOc1ccc(-n2c(=O)[nH]cc(C(=O)Nc3ccc(C(N)=O)cc3)c2=O)cc1. The Morgan fingerprint density at radius 1 is 1.07 bits per heavy atom. The number of primary amides is 1. The lowest BCUT2D eigenvalue weighted by Crippen LogP contribution is -2.38. The molecule has 0 aliphatic rings. The number of nitrogens with one attached hydrogen (secondary N) is 2. The molecule has 3 rings (SSSR count). The van der Waals surface area contributed by atoms with E-state index >= 15 is 0 Å². The van der Waals surface area contributed by atoms with Crippen molar-refractivity contribution in [1.29, 1.82) is 0 Å². The van der Waals surface area contributed by atoms with Gasteiger partial charge in [-0.3, -0.25) is 14.4 Å². The van der Waals surface area contributed by atoms with Gasteiger partial charge in [-0.15, -0.1) is 0 Å². The third-order valence-corrected chi connectivity index (χ3v) is 4.05. The number of hydrogen-bond acceptors (Lipinski definition) is 5. The Balaban J connectivity index is 1.91. The monoisotopic (exact) mass is 394 g/mol. The molecule has 3 aromatic rings. The van der Waals surface area contributed by atoms with Crippen LogP contribution in [0.15, 0.2) is 64.3 Å². The van der Waals surface area contributed by atoms with E-state index in [0.29, 0.717) is 23.7 Å².